The lowest BCUT2D eigenvalue weighted by molar-refractivity contribution is -0.135. The Morgan fingerprint density at radius 1 is 1.37 bits per heavy atom. The number of hydrogen-bond acceptors (Lipinski definition) is 3. The molecule has 1 fully saturated rings. The summed E-state index contributed by atoms with van der Waals surface area (Å²) >= 11 is 1.68. The van der Waals surface area contributed by atoms with E-state index in [1.807, 2.05) is 17.0 Å². The van der Waals surface area contributed by atoms with Crippen molar-refractivity contribution in [3.05, 3.63) is 29.8 Å². The van der Waals surface area contributed by atoms with Crippen LogP contribution in [0.4, 0.5) is 0 Å². The van der Waals surface area contributed by atoms with Crippen LogP contribution in [0.15, 0.2) is 29.2 Å². The third-order valence-electron chi connectivity index (χ3n) is 4.06. The Morgan fingerprint density at radius 2 is 2.16 bits per heavy atom. The van der Waals surface area contributed by atoms with Crippen molar-refractivity contribution in [1.29, 1.82) is 0 Å². The number of hydrogen-bond donors (Lipinski definition) is 1. The van der Waals surface area contributed by atoms with Gasteiger partial charge in [0.2, 0.25) is 5.91 Å². The van der Waals surface area contributed by atoms with E-state index in [0.29, 0.717) is 12.6 Å². The molecule has 1 atom stereocenters. The topological polar surface area (TPSA) is 40.5 Å². The molecule has 3 rings (SSSR count). The van der Waals surface area contributed by atoms with Crippen LogP contribution in [0.25, 0.3) is 0 Å². The molecule has 1 saturated carbocycles. The number of carbonyl (C=O) groups excluding carboxylic acids is 1. The lowest BCUT2D eigenvalue weighted by atomic mass is 9.91. The largest absolute Gasteiger partial charge is 0.395 e. The van der Waals surface area contributed by atoms with Gasteiger partial charge in [-0.15, -0.1) is 11.8 Å². The molecule has 0 unspecified atom stereocenters. The molecular formula is C15H19NO2S. The quantitative estimate of drug-likeness (QED) is 0.916. The van der Waals surface area contributed by atoms with E-state index < -0.39 is 0 Å². The summed E-state index contributed by atoms with van der Waals surface area (Å²) in [6.45, 7) is 0.545. The number of nitrogens with zero attached hydrogens (tertiary/aromatic N) is 1. The first kappa shape index (κ1) is 13.0. The molecule has 1 aliphatic carbocycles. The highest BCUT2D eigenvalue weighted by Gasteiger charge is 2.35. The fraction of sp³-hybridized carbons (Fsp3) is 0.533. The van der Waals surface area contributed by atoms with Crippen LogP contribution < -0.4 is 0 Å². The first-order valence-corrected chi connectivity index (χ1v) is 7.83. The average molecular weight is 277 g/mol. The number of benzene rings is 1. The number of aliphatic hydroxyl groups is 1. The summed E-state index contributed by atoms with van der Waals surface area (Å²) in [5, 5.41) is 9.17. The number of fused-ring (bicyclic) bond motifs is 1. The zero-order chi connectivity index (χ0) is 13.2. The van der Waals surface area contributed by atoms with Crippen molar-refractivity contribution >= 4 is 17.7 Å². The van der Waals surface area contributed by atoms with E-state index in [4.69, 9.17) is 5.11 Å². The Labute approximate surface area is 118 Å². The third kappa shape index (κ3) is 2.51. The van der Waals surface area contributed by atoms with Crippen molar-refractivity contribution in [2.24, 2.45) is 0 Å². The van der Waals surface area contributed by atoms with Crippen molar-refractivity contribution < 1.29 is 9.90 Å². The minimum Gasteiger partial charge on any atom is -0.395 e. The van der Waals surface area contributed by atoms with Gasteiger partial charge in [0.1, 0.15) is 0 Å². The predicted octanol–water partition coefficient (Wildman–Crippen LogP) is 2.08. The molecule has 0 bridgehead atoms. The SMILES string of the molecule is O=C([C@@H]1Cc2ccccc2S1)N(CCO)C1CCC1. The summed E-state index contributed by atoms with van der Waals surface area (Å²) in [5.74, 6) is 0.208. The predicted molar refractivity (Wildman–Crippen MR) is 76.2 cm³/mol. The van der Waals surface area contributed by atoms with E-state index in [9.17, 15) is 4.79 Å². The monoisotopic (exact) mass is 277 g/mol. The summed E-state index contributed by atoms with van der Waals surface area (Å²) < 4.78 is 0. The van der Waals surface area contributed by atoms with E-state index in [1.165, 1.54) is 16.9 Å². The third-order valence-corrected chi connectivity index (χ3v) is 5.37. The zero-order valence-corrected chi connectivity index (χ0v) is 11.7. The highest BCUT2D eigenvalue weighted by molar-refractivity contribution is 8.01. The first-order chi connectivity index (χ1) is 9.29. The molecule has 1 N–H and O–H groups in total. The molecule has 1 aliphatic heterocycles. The molecule has 1 heterocycles. The van der Waals surface area contributed by atoms with Crippen LogP contribution in [0.3, 0.4) is 0 Å². The highest BCUT2D eigenvalue weighted by atomic mass is 32.2. The van der Waals surface area contributed by atoms with E-state index >= 15 is 0 Å². The zero-order valence-electron chi connectivity index (χ0n) is 10.9. The van der Waals surface area contributed by atoms with E-state index in [2.05, 4.69) is 12.1 Å². The molecule has 3 nitrogen and oxygen atoms in total. The molecule has 0 spiro atoms. The lowest BCUT2D eigenvalue weighted by Crippen LogP contribution is -2.48. The van der Waals surface area contributed by atoms with Gasteiger partial charge in [-0.1, -0.05) is 18.2 Å². The molecule has 1 aromatic carbocycles. The molecule has 19 heavy (non-hydrogen) atoms. The molecule has 102 valence electrons. The van der Waals surface area contributed by atoms with Crippen LogP contribution in [0, 0.1) is 0 Å². The van der Waals surface area contributed by atoms with Gasteiger partial charge in [0, 0.05) is 17.5 Å². The van der Waals surface area contributed by atoms with Crippen molar-refractivity contribution in [2.75, 3.05) is 13.2 Å². The summed E-state index contributed by atoms with van der Waals surface area (Å²) in [4.78, 5) is 15.8. The Morgan fingerprint density at radius 3 is 2.79 bits per heavy atom. The Kier molecular flexibility index (Phi) is 3.80. The van der Waals surface area contributed by atoms with Crippen molar-refractivity contribution in [2.45, 2.75) is 41.9 Å². The van der Waals surface area contributed by atoms with E-state index in [1.54, 1.807) is 11.8 Å². The number of rotatable bonds is 4. The normalized spacial score (nSPS) is 21.8. The summed E-state index contributed by atoms with van der Waals surface area (Å²) in [6.07, 6.45) is 4.22. The van der Waals surface area contributed by atoms with Gasteiger partial charge in [-0.3, -0.25) is 4.79 Å². The molecular weight excluding hydrogens is 258 g/mol. The van der Waals surface area contributed by atoms with Crippen LogP contribution in [-0.2, 0) is 11.2 Å². The van der Waals surface area contributed by atoms with Gasteiger partial charge in [0.15, 0.2) is 0 Å². The minimum absolute atomic E-state index is 0.00421. The van der Waals surface area contributed by atoms with Crippen LogP contribution >= 0.6 is 11.8 Å². The van der Waals surface area contributed by atoms with Crippen LogP contribution in [0.5, 0.6) is 0 Å². The van der Waals surface area contributed by atoms with Gasteiger partial charge >= 0.3 is 0 Å². The maximum absolute atomic E-state index is 12.6. The highest BCUT2D eigenvalue weighted by Crippen LogP contribution is 2.38. The minimum atomic E-state index is 0.00421. The molecule has 2 aliphatic rings. The van der Waals surface area contributed by atoms with Gasteiger partial charge in [-0.05, 0) is 37.3 Å². The number of aliphatic hydroxyl groups excluding tert-OH is 1. The molecule has 1 aromatic rings. The van der Waals surface area contributed by atoms with Gasteiger partial charge < -0.3 is 10.0 Å². The second kappa shape index (κ2) is 5.55. The second-order valence-electron chi connectivity index (χ2n) is 5.26. The summed E-state index contributed by atoms with van der Waals surface area (Å²) in [5.41, 5.74) is 1.28. The number of carbonyl (C=O) groups is 1. The summed E-state index contributed by atoms with van der Waals surface area (Å²) in [6, 6.07) is 8.62. The molecule has 1 amide bonds. The van der Waals surface area contributed by atoms with Crippen molar-refractivity contribution in [3.8, 4) is 0 Å². The van der Waals surface area contributed by atoms with Crippen LogP contribution in [0.1, 0.15) is 24.8 Å². The fourth-order valence-corrected chi connectivity index (χ4v) is 4.05. The number of thioether (sulfide) groups is 1. The Balaban J connectivity index is 1.70. The van der Waals surface area contributed by atoms with Crippen molar-refractivity contribution in [3.63, 3.8) is 0 Å². The smallest absolute Gasteiger partial charge is 0.236 e. The second-order valence-corrected chi connectivity index (χ2v) is 6.50. The Hall–Kier alpha value is -1.00. The van der Waals surface area contributed by atoms with Crippen LogP contribution in [-0.4, -0.2) is 40.4 Å². The molecule has 4 heteroatoms. The molecule has 0 aromatic heterocycles. The standard InChI is InChI=1S/C15H19NO2S/c17-9-8-16(12-5-3-6-12)15(18)14-10-11-4-1-2-7-13(11)19-14/h1-2,4,7,12,14,17H,3,5-6,8-10H2/t14-/m0/s1. The first-order valence-electron chi connectivity index (χ1n) is 6.95. The number of amides is 1. The maximum atomic E-state index is 12.6. The van der Waals surface area contributed by atoms with Crippen LogP contribution in [0.2, 0.25) is 0 Å². The average Bonchev–Trinajstić information content (AvgIpc) is 2.79. The van der Waals surface area contributed by atoms with Crippen molar-refractivity contribution in [1.82, 2.24) is 4.90 Å². The Bertz CT molecular complexity index is 448. The fourth-order valence-electron chi connectivity index (χ4n) is 2.78. The molecule has 0 saturated heterocycles. The van der Waals surface area contributed by atoms with Gasteiger partial charge in [0.25, 0.3) is 0 Å². The van der Waals surface area contributed by atoms with Gasteiger partial charge in [-0.2, -0.15) is 0 Å². The van der Waals surface area contributed by atoms with E-state index in [-0.39, 0.29) is 17.8 Å². The van der Waals surface area contributed by atoms with Gasteiger partial charge in [-0.25, -0.2) is 0 Å². The maximum Gasteiger partial charge on any atom is 0.236 e. The van der Waals surface area contributed by atoms with E-state index in [0.717, 1.165) is 19.3 Å². The molecule has 0 radical (unpaired) electrons. The summed E-state index contributed by atoms with van der Waals surface area (Å²) in [7, 11) is 0. The van der Waals surface area contributed by atoms with Gasteiger partial charge in [0.05, 0.1) is 11.9 Å². The lowest BCUT2D eigenvalue weighted by Gasteiger charge is -2.38.